The molecule has 1 atom stereocenters. The summed E-state index contributed by atoms with van der Waals surface area (Å²) in [5.74, 6) is -0.530. The van der Waals surface area contributed by atoms with E-state index in [1.165, 1.54) is 0 Å². The van der Waals surface area contributed by atoms with Crippen LogP contribution in [0.25, 0.3) is 0 Å². The van der Waals surface area contributed by atoms with E-state index in [9.17, 15) is 4.79 Å². The molecule has 1 aromatic carbocycles. The van der Waals surface area contributed by atoms with E-state index >= 15 is 0 Å². The van der Waals surface area contributed by atoms with E-state index in [4.69, 9.17) is 18.0 Å². The maximum Gasteiger partial charge on any atom is 0.236 e. The van der Waals surface area contributed by atoms with Crippen LogP contribution in [-0.2, 0) is 4.79 Å². The first-order valence-corrected chi connectivity index (χ1v) is 7.08. The predicted octanol–water partition coefficient (Wildman–Crippen LogP) is 2.70. The second-order valence-electron chi connectivity index (χ2n) is 4.71. The summed E-state index contributed by atoms with van der Waals surface area (Å²) in [5, 5.41) is 0. The predicted molar refractivity (Wildman–Crippen MR) is 83.1 cm³/mol. The first-order valence-electron chi connectivity index (χ1n) is 6.67. The second-order valence-corrected chi connectivity index (χ2v) is 5.18. The molecule has 0 saturated carbocycles. The number of rotatable bonds is 7. The molecule has 0 aliphatic rings. The molecular formula is C15H22N2OS. The van der Waals surface area contributed by atoms with Crippen LogP contribution in [0, 0.1) is 0 Å². The van der Waals surface area contributed by atoms with Gasteiger partial charge in [0.15, 0.2) is 0 Å². The highest BCUT2D eigenvalue weighted by Crippen LogP contribution is 2.18. The molecule has 0 saturated heterocycles. The van der Waals surface area contributed by atoms with Gasteiger partial charge in [0, 0.05) is 13.6 Å². The van der Waals surface area contributed by atoms with Crippen molar-refractivity contribution in [2.24, 2.45) is 5.73 Å². The summed E-state index contributed by atoms with van der Waals surface area (Å²) in [5.41, 5.74) is 6.61. The van der Waals surface area contributed by atoms with Crippen molar-refractivity contribution in [1.82, 2.24) is 4.90 Å². The molecule has 0 aliphatic carbocycles. The molecule has 4 heteroatoms. The fourth-order valence-electron chi connectivity index (χ4n) is 2.00. The van der Waals surface area contributed by atoms with Crippen molar-refractivity contribution in [3.05, 3.63) is 35.9 Å². The highest BCUT2D eigenvalue weighted by molar-refractivity contribution is 7.80. The topological polar surface area (TPSA) is 46.3 Å². The third kappa shape index (κ3) is 4.63. The van der Waals surface area contributed by atoms with E-state index in [2.05, 4.69) is 6.92 Å². The largest absolute Gasteiger partial charge is 0.392 e. The Balaban J connectivity index is 2.77. The van der Waals surface area contributed by atoms with Crippen LogP contribution in [0.2, 0.25) is 0 Å². The molecule has 0 radical (unpaired) electrons. The number of nitrogens with zero attached hydrogens (tertiary/aromatic N) is 1. The number of amides is 1. The molecule has 1 rings (SSSR count). The standard InChI is InChI=1S/C15H22N2OS/c1-3-4-8-11-17(2)15(18)13(14(16)19)12-9-6-5-7-10-12/h5-7,9-10,13H,3-4,8,11H2,1-2H3,(H2,16,19). The Morgan fingerprint density at radius 3 is 2.47 bits per heavy atom. The zero-order chi connectivity index (χ0) is 14.3. The number of unbranched alkanes of at least 4 members (excludes halogenated alkanes) is 2. The Morgan fingerprint density at radius 1 is 1.32 bits per heavy atom. The van der Waals surface area contributed by atoms with Crippen LogP contribution < -0.4 is 5.73 Å². The minimum atomic E-state index is -0.511. The van der Waals surface area contributed by atoms with Gasteiger partial charge in [0.2, 0.25) is 5.91 Å². The van der Waals surface area contributed by atoms with Gasteiger partial charge in [-0.15, -0.1) is 0 Å². The van der Waals surface area contributed by atoms with Crippen LogP contribution in [0.4, 0.5) is 0 Å². The molecule has 0 aliphatic heterocycles. The molecule has 0 fully saturated rings. The summed E-state index contributed by atoms with van der Waals surface area (Å²) in [6.45, 7) is 2.89. The fraction of sp³-hybridized carbons (Fsp3) is 0.467. The van der Waals surface area contributed by atoms with Crippen molar-refractivity contribution >= 4 is 23.1 Å². The van der Waals surface area contributed by atoms with Gasteiger partial charge < -0.3 is 10.6 Å². The third-order valence-corrected chi connectivity index (χ3v) is 3.37. The SMILES string of the molecule is CCCCCN(C)C(=O)C(C(N)=S)c1ccccc1. The van der Waals surface area contributed by atoms with Crippen LogP contribution in [0.1, 0.15) is 37.7 Å². The number of thiocarbonyl (C=S) groups is 1. The van der Waals surface area contributed by atoms with Crippen LogP contribution in [0.5, 0.6) is 0 Å². The van der Waals surface area contributed by atoms with E-state index in [0.717, 1.165) is 31.4 Å². The molecule has 0 spiro atoms. The lowest BCUT2D eigenvalue weighted by Crippen LogP contribution is -2.38. The van der Waals surface area contributed by atoms with Crippen molar-refractivity contribution in [3.63, 3.8) is 0 Å². The van der Waals surface area contributed by atoms with E-state index in [0.29, 0.717) is 0 Å². The van der Waals surface area contributed by atoms with Crippen LogP contribution in [-0.4, -0.2) is 29.4 Å². The van der Waals surface area contributed by atoms with Crippen LogP contribution in [0.3, 0.4) is 0 Å². The molecule has 1 unspecified atom stereocenters. The Kier molecular flexibility index (Phi) is 6.50. The molecule has 0 aromatic heterocycles. The van der Waals surface area contributed by atoms with Gasteiger partial charge in [0.1, 0.15) is 5.92 Å². The van der Waals surface area contributed by atoms with Crippen molar-refractivity contribution in [3.8, 4) is 0 Å². The summed E-state index contributed by atoms with van der Waals surface area (Å²) >= 11 is 5.06. The Labute approximate surface area is 120 Å². The summed E-state index contributed by atoms with van der Waals surface area (Å²) in [4.78, 5) is 14.4. The van der Waals surface area contributed by atoms with Gasteiger partial charge in [-0.25, -0.2) is 0 Å². The smallest absolute Gasteiger partial charge is 0.236 e. The lowest BCUT2D eigenvalue weighted by molar-refractivity contribution is -0.130. The van der Waals surface area contributed by atoms with Crippen LogP contribution in [0.15, 0.2) is 30.3 Å². The minimum Gasteiger partial charge on any atom is -0.392 e. The van der Waals surface area contributed by atoms with Gasteiger partial charge >= 0.3 is 0 Å². The number of nitrogens with two attached hydrogens (primary N) is 1. The number of benzene rings is 1. The van der Waals surface area contributed by atoms with E-state index in [1.807, 2.05) is 37.4 Å². The van der Waals surface area contributed by atoms with E-state index in [-0.39, 0.29) is 10.9 Å². The minimum absolute atomic E-state index is 0.0187. The fourth-order valence-corrected chi connectivity index (χ4v) is 2.24. The lowest BCUT2D eigenvalue weighted by Gasteiger charge is -2.23. The maximum atomic E-state index is 12.4. The molecular weight excluding hydrogens is 256 g/mol. The zero-order valence-electron chi connectivity index (χ0n) is 11.6. The van der Waals surface area contributed by atoms with Gasteiger partial charge in [-0.1, -0.05) is 62.3 Å². The molecule has 1 amide bonds. The highest BCUT2D eigenvalue weighted by atomic mass is 32.1. The zero-order valence-corrected chi connectivity index (χ0v) is 12.5. The normalized spacial score (nSPS) is 11.9. The molecule has 19 heavy (non-hydrogen) atoms. The molecule has 0 bridgehead atoms. The third-order valence-electron chi connectivity index (χ3n) is 3.14. The second kappa shape index (κ2) is 7.89. The molecule has 0 heterocycles. The van der Waals surface area contributed by atoms with Gasteiger partial charge in [0.05, 0.1) is 4.99 Å². The summed E-state index contributed by atoms with van der Waals surface area (Å²) in [7, 11) is 1.81. The van der Waals surface area contributed by atoms with Crippen LogP contribution >= 0.6 is 12.2 Å². The first-order chi connectivity index (χ1) is 9.07. The molecule has 104 valence electrons. The summed E-state index contributed by atoms with van der Waals surface area (Å²) < 4.78 is 0. The lowest BCUT2D eigenvalue weighted by atomic mass is 9.97. The summed E-state index contributed by atoms with van der Waals surface area (Å²) in [6.07, 6.45) is 3.28. The van der Waals surface area contributed by atoms with Gasteiger partial charge in [-0.2, -0.15) is 0 Å². The number of hydrogen-bond donors (Lipinski definition) is 1. The molecule has 1 aromatic rings. The van der Waals surface area contributed by atoms with Crippen molar-refractivity contribution < 1.29 is 4.79 Å². The van der Waals surface area contributed by atoms with E-state index in [1.54, 1.807) is 4.90 Å². The van der Waals surface area contributed by atoms with Gasteiger partial charge in [-0.3, -0.25) is 4.79 Å². The monoisotopic (exact) mass is 278 g/mol. The molecule has 2 N–H and O–H groups in total. The quantitative estimate of drug-likeness (QED) is 0.616. The van der Waals surface area contributed by atoms with E-state index < -0.39 is 5.92 Å². The number of carbonyl (C=O) groups is 1. The maximum absolute atomic E-state index is 12.4. The van der Waals surface area contributed by atoms with Gasteiger partial charge in [0.25, 0.3) is 0 Å². The average Bonchev–Trinajstić information content (AvgIpc) is 2.39. The Morgan fingerprint density at radius 2 is 1.95 bits per heavy atom. The summed E-state index contributed by atoms with van der Waals surface area (Å²) in [6, 6.07) is 9.48. The van der Waals surface area contributed by atoms with Gasteiger partial charge in [-0.05, 0) is 12.0 Å². The Hall–Kier alpha value is -1.42. The average molecular weight is 278 g/mol. The van der Waals surface area contributed by atoms with Crippen molar-refractivity contribution in [1.29, 1.82) is 0 Å². The first kappa shape index (κ1) is 15.6. The number of hydrogen-bond acceptors (Lipinski definition) is 2. The Bertz CT molecular complexity index is 419. The van der Waals surface area contributed by atoms with Crippen molar-refractivity contribution in [2.75, 3.05) is 13.6 Å². The van der Waals surface area contributed by atoms with Crippen molar-refractivity contribution in [2.45, 2.75) is 32.1 Å². The highest BCUT2D eigenvalue weighted by Gasteiger charge is 2.25. The number of likely N-dealkylation sites (N-methyl/N-ethyl adjacent to an activating group) is 1. The number of carbonyl (C=O) groups excluding carboxylic acids is 1. The molecule has 3 nitrogen and oxygen atoms in total.